The van der Waals surface area contributed by atoms with Crippen molar-refractivity contribution in [3.63, 3.8) is 0 Å². The topological polar surface area (TPSA) is 58.2 Å². The average molecular weight is 330 g/mol. The molecule has 0 fully saturated rings. The Morgan fingerprint density at radius 3 is 2.22 bits per heavy atom. The van der Waals surface area contributed by atoms with Crippen molar-refractivity contribution in [3.8, 4) is 0 Å². The first-order valence-corrected chi connectivity index (χ1v) is 8.48. The Morgan fingerprint density at radius 2 is 1.70 bits per heavy atom. The summed E-state index contributed by atoms with van der Waals surface area (Å²) in [5.74, 6) is -1.06. The predicted molar refractivity (Wildman–Crippen MR) is 94.6 cm³/mol. The minimum Gasteiger partial charge on any atom is -0.340 e. The molecular formula is C18H22N2O2S. The number of hydrogen-bond donors (Lipinski definition) is 2. The first kappa shape index (κ1) is 17.2. The normalized spacial score (nSPS) is 12.0. The van der Waals surface area contributed by atoms with Gasteiger partial charge in [0.05, 0.1) is 6.04 Å². The molecule has 0 saturated heterocycles. The third-order valence-electron chi connectivity index (χ3n) is 3.49. The molecule has 0 saturated carbocycles. The number of thiophene rings is 1. The maximum Gasteiger partial charge on any atom is 0.313 e. The van der Waals surface area contributed by atoms with Crippen LogP contribution in [0.4, 0.5) is 5.69 Å². The van der Waals surface area contributed by atoms with E-state index in [0.717, 1.165) is 16.0 Å². The van der Waals surface area contributed by atoms with Crippen molar-refractivity contribution in [2.45, 2.75) is 33.7 Å². The number of aryl methyl sites for hydroxylation is 2. The van der Waals surface area contributed by atoms with Crippen molar-refractivity contribution in [1.82, 2.24) is 5.32 Å². The number of hydrogen-bond acceptors (Lipinski definition) is 3. The van der Waals surface area contributed by atoms with Crippen LogP contribution in [0.3, 0.4) is 0 Å². The van der Waals surface area contributed by atoms with Crippen molar-refractivity contribution in [1.29, 1.82) is 0 Å². The van der Waals surface area contributed by atoms with Gasteiger partial charge in [0.1, 0.15) is 0 Å². The molecule has 1 heterocycles. The van der Waals surface area contributed by atoms with Crippen LogP contribution in [0.15, 0.2) is 35.7 Å². The van der Waals surface area contributed by atoms with Gasteiger partial charge in [-0.3, -0.25) is 9.59 Å². The van der Waals surface area contributed by atoms with Crippen LogP contribution in [-0.2, 0) is 9.59 Å². The average Bonchev–Trinajstić information content (AvgIpc) is 2.96. The summed E-state index contributed by atoms with van der Waals surface area (Å²) in [6.07, 6.45) is 0. The molecule has 23 heavy (non-hydrogen) atoms. The van der Waals surface area contributed by atoms with Crippen LogP contribution in [0.2, 0.25) is 0 Å². The van der Waals surface area contributed by atoms with Crippen molar-refractivity contribution < 1.29 is 9.59 Å². The van der Waals surface area contributed by atoms with Crippen LogP contribution in [-0.4, -0.2) is 11.8 Å². The maximum atomic E-state index is 12.2. The highest BCUT2D eigenvalue weighted by Crippen LogP contribution is 2.25. The van der Waals surface area contributed by atoms with Gasteiger partial charge in [-0.25, -0.2) is 0 Å². The minimum absolute atomic E-state index is 0.160. The number of carbonyl (C=O) groups excluding carboxylic acids is 2. The monoisotopic (exact) mass is 330 g/mol. The van der Waals surface area contributed by atoms with Crippen LogP contribution < -0.4 is 10.6 Å². The highest BCUT2D eigenvalue weighted by Gasteiger charge is 2.23. The summed E-state index contributed by atoms with van der Waals surface area (Å²) in [6, 6.07) is 9.46. The Hall–Kier alpha value is -2.14. The van der Waals surface area contributed by atoms with E-state index in [-0.39, 0.29) is 12.0 Å². The second-order valence-electron chi connectivity index (χ2n) is 6.04. The van der Waals surface area contributed by atoms with Gasteiger partial charge in [-0.05, 0) is 54.5 Å². The summed E-state index contributed by atoms with van der Waals surface area (Å²) in [5.41, 5.74) is 2.72. The highest BCUT2D eigenvalue weighted by molar-refractivity contribution is 7.10. The van der Waals surface area contributed by atoms with Gasteiger partial charge in [-0.2, -0.15) is 0 Å². The standard InChI is InChI=1S/C18H22N2O2S/c1-11(2)16(15-6-5-7-23-15)20-18(22)17(21)19-14-9-12(3)8-13(4)10-14/h5-11,16H,1-4H3,(H,19,21)(H,20,22). The van der Waals surface area contributed by atoms with E-state index in [0.29, 0.717) is 5.69 Å². The molecule has 5 heteroatoms. The second kappa shape index (κ2) is 7.42. The molecule has 0 aliphatic rings. The van der Waals surface area contributed by atoms with Gasteiger partial charge in [-0.15, -0.1) is 11.3 Å². The van der Waals surface area contributed by atoms with E-state index < -0.39 is 11.8 Å². The molecule has 2 amide bonds. The van der Waals surface area contributed by atoms with E-state index in [9.17, 15) is 9.59 Å². The molecule has 0 bridgehead atoms. The van der Waals surface area contributed by atoms with Gasteiger partial charge < -0.3 is 10.6 Å². The SMILES string of the molecule is Cc1cc(C)cc(NC(=O)C(=O)NC(c2cccs2)C(C)C)c1. The molecule has 0 radical (unpaired) electrons. The molecule has 0 spiro atoms. The van der Waals surface area contributed by atoms with E-state index in [2.05, 4.69) is 10.6 Å². The number of benzene rings is 1. The second-order valence-corrected chi connectivity index (χ2v) is 7.02. The summed E-state index contributed by atoms with van der Waals surface area (Å²) in [4.78, 5) is 25.4. The highest BCUT2D eigenvalue weighted by atomic mass is 32.1. The number of carbonyl (C=O) groups is 2. The Balaban J connectivity index is 2.05. The number of anilines is 1. The molecule has 2 N–H and O–H groups in total. The van der Waals surface area contributed by atoms with Gasteiger partial charge in [0, 0.05) is 10.6 Å². The van der Waals surface area contributed by atoms with Crippen molar-refractivity contribution in [2.24, 2.45) is 5.92 Å². The Morgan fingerprint density at radius 1 is 1.04 bits per heavy atom. The molecule has 122 valence electrons. The molecule has 2 aromatic rings. The summed E-state index contributed by atoms with van der Waals surface area (Å²) in [6.45, 7) is 7.95. The third-order valence-corrected chi connectivity index (χ3v) is 4.44. The van der Waals surface area contributed by atoms with Crippen molar-refractivity contribution >= 4 is 28.8 Å². The largest absolute Gasteiger partial charge is 0.340 e. The van der Waals surface area contributed by atoms with Gasteiger partial charge in [0.25, 0.3) is 0 Å². The smallest absolute Gasteiger partial charge is 0.313 e. The van der Waals surface area contributed by atoms with Crippen LogP contribution in [0.25, 0.3) is 0 Å². The molecule has 0 aliphatic heterocycles. The summed E-state index contributed by atoms with van der Waals surface area (Å²) >= 11 is 1.57. The molecule has 1 aromatic heterocycles. The fraction of sp³-hybridized carbons (Fsp3) is 0.333. The first-order valence-electron chi connectivity index (χ1n) is 7.60. The lowest BCUT2D eigenvalue weighted by Crippen LogP contribution is -2.39. The molecule has 0 aliphatic carbocycles. The zero-order chi connectivity index (χ0) is 17.0. The van der Waals surface area contributed by atoms with E-state index >= 15 is 0 Å². The first-order chi connectivity index (χ1) is 10.9. The molecule has 2 rings (SSSR count). The van der Waals surface area contributed by atoms with Crippen LogP contribution in [0, 0.1) is 19.8 Å². The minimum atomic E-state index is -0.641. The van der Waals surface area contributed by atoms with E-state index in [1.165, 1.54) is 0 Å². The van der Waals surface area contributed by atoms with E-state index in [1.807, 2.05) is 63.4 Å². The molecule has 1 unspecified atom stereocenters. The fourth-order valence-corrected chi connectivity index (χ4v) is 3.43. The molecule has 1 atom stereocenters. The maximum absolute atomic E-state index is 12.2. The number of nitrogens with one attached hydrogen (secondary N) is 2. The lowest BCUT2D eigenvalue weighted by atomic mass is 10.0. The van der Waals surface area contributed by atoms with Crippen LogP contribution in [0.1, 0.15) is 35.9 Å². The van der Waals surface area contributed by atoms with Crippen molar-refractivity contribution in [3.05, 3.63) is 51.7 Å². The number of amides is 2. The summed E-state index contributed by atoms with van der Waals surface area (Å²) in [7, 11) is 0. The Labute approximate surface area is 140 Å². The van der Waals surface area contributed by atoms with Gasteiger partial charge >= 0.3 is 11.8 Å². The Kier molecular flexibility index (Phi) is 5.55. The van der Waals surface area contributed by atoms with Crippen molar-refractivity contribution in [2.75, 3.05) is 5.32 Å². The summed E-state index contributed by atoms with van der Waals surface area (Å²) < 4.78 is 0. The van der Waals surface area contributed by atoms with E-state index in [1.54, 1.807) is 11.3 Å². The Bertz CT molecular complexity index is 673. The predicted octanol–water partition coefficient (Wildman–Crippen LogP) is 3.82. The quantitative estimate of drug-likeness (QED) is 0.837. The molecule has 4 nitrogen and oxygen atoms in total. The zero-order valence-corrected chi connectivity index (χ0v) is 14.7. The van der Waals surface area contributed by atoms with Gasteiger partial charge in [0.15, 0.2) is 0 Å². The fourth-order valence-electron chi connectivity index (χ4n) is 2.48. The van der Waals surface area contributed by atoms with Crippen LogP contribution in [0.5, 0.6) is 0 Å². The van der Waals surface area contributed by atoms with Gasteiger partial charge in [-0.1, -0.05) is 26.0 Å². The molecule has 1 aromatic carbocycles. The van der Waals surface area contributed by atoms with E-state index in [4.69, 9.17) is 0 Å². The lowest BCUT2D eigenvalue weighted by Gasteiger charge is -2.21. The zero-order valence-electron chi connectivity index (χ0n) is 13.8. The number of rotatable bonds is 4. The third kappa shape index (κ3) is 4.66. The van der Waals surface area contributed by atoms with Gasteiger partial charge in [0.2, 0.25) is 0 Å². The summed E-state index contributed by atoms with van der Waals surface area (Å²) in [5, 5.41) is 7.46. The lowest BCUT2D eigenvalue weighted by molar-refractivity contribution is -0.136. The van der Waals surface area contributed by atoms with Crippen LogP contribution >= 0.6 is 11.3 Å². The molecular weight excluding hydrogens is 308 g/mol.